The maximum Gasteiger partial charge on any atom is 0.0125 e. The maximum absolute atomic E-state index is 5.42. The van der Waals surface area contributed by atoms with Gasteiger partial charge in [0.1, 0.15) is 0 Å². The first-order valence-corrected chi connectivity index (χ1v) is 5.57. The minimum atomic E-state index is 0.317. The van der Waals surface area contributed by atoms with Crippen LogP contribution in [0.15, 0.2) is 0 Å². The van der Waals surface area contributed by atoms with E-state index in [2.05, 4.69) is 26.1 Å². The molecule has 0 atom stereocenters. The molecule has 2 heteroatoms. The first-order chi connectivity index (χ1) is 6.12. The highest BCUT2D eigenvalue weighted by Crippen LogP contribution is 2.10. The van der Waals surface area contributed by atoms with Gasteiger partial charge in [0.25, 0.3) is 0 Å². The van der Waals surface area contributed by atoms with Gasteiger partial charge in [0.05, 0.1) is 0 Å². The van der Waals surface area contributed by atoms with Crippen molar-refractivity contribution in [2.24, 2.45) is 5.73 Å². The van der Waals surface area contributed by atoms with Crippen molar-refractivity contribution in [1.29, 1.82) is 0 Å². The van der Waals surface area contributed by atoms with Crippen LogP contribution < -0.4 is 11.1 Å². The van der Waals surface area contributed by atoms with Crippen LogP contribution in [0.25, 0.3) is 0 Å². The predicted octanol–water partition coefficient (Wildman–Crippen LogP) is 2.28. The van der Waals surface area contributed by atoms with Gasteiger partial charge in [0.15, 0.2) is 0 Å². The standard InChI is InChI=1S/C11H26N2/c1-4-8-11(2,3)13-10-7-5-6-9-12/h13H,4-10,12H2,1-3H3. The van der Waals surface area contributed by atoms with Gasteiger partial charge in [0, 0.05) is 5.54 Å². The minimum Gasteiger partial charge on any atom is -0.330 e. The largest absolute Gasteiger partial charge is 0.330 e. The highest BCUT2D eigenvalue weighted by Gasteiger charge is 2.13. The second kappa shape index (κ2) is 7.34. The van der Waals surface area contributed by atoms with E-state index >= 15 is 0 Å². The van der Waals surface area contributed by atoms with Gasteiger partial charge in [-0.3, -0.25) is 0 Å². The average molecular weight is 186 g/mol. The molecule has 3 N–H and O–H groups in total. The van der Waals surface area contributed by atoms with Crippen molar-refractivity contribution < 1.29 is 0 Å². The van der Waals surface area contributed by atoms with Gasteiger partial charge in [-0.15, -0.1) is 0 Å². The van der Waals surface area contributed by atoms with Gasteiger partial charge in [-0.25, -0.2) is 0 Å². The van der Waals surface area contributed by atoms with Crippen molar-refractivity contribution in [2.45, 2.75) is 58.4 Å². The molecule has 0 aromatic rings. The van der Waals surface area contributed by atoms with Crippen LogP contribution in [0.3, 0.4) is 0 Å². The smallest absolute Gasteiger partial charge is 0.0125 e. The number of nitrogens with one attached hydrogen (secondary N) is 1. The van der Waals surface area contributed by atoms with E-state index in [-0.39, 0.29) is 0 Å². The van der Waals surface area contributed by atoms with Gasteiger partial charge in [-0.2, -0.15) is 0 Å². The molecular formula is C11H26N2. The van der Waals surface area contributed by atoms with E-state index in [1.54, 1.807) is 0 Å². The Balaban J connectivity index is 3.29. The molecule has 0 saturated carbocycles. The summed E-state index contributed by atoms with van der Waals surface area (Å²) in [4.78, 5) is 0. The normalized spacial score (nSPS) is 12.0. The lowest BCUT2D eigenvalue weighted by Crippen LogP contribution is -2.39. The molecule has 0 aliphatic heterocycles. The number of hydrogen-bond acceptors (Lipinski definition) is 2. The van der Waals surface area contributed by atoms with E-state index in [1.807, 2.05) is 0 Å². The van der Waals surface area contributed by atoms with Crippen molar-refractivity contribution in [1.82, 2.24) is 5.32 Å². The number of rotatable bonds is 8. The molecule has 13 heavy (non-hydrogen) atoms. The summed E-state index contributed by atoms with van der Waals surface area (Å²) in [6.45, 7) is 8.75. The van der Waals surface area contributed by atoms with Crippen LogP contribution in [0.5, 0.6) is 0 Å². The molecule has 0 amide bonds. The van der Waals surface area contributed by atoms with Crippen LogP contribution in [-0.4, -0.2) is 18.6 Å². The molecule has 0 aliphatic carbocycles. The fraction of sp³-hybridized carbons (Fsp3) is 1.00. The zero-order valence-corrected chi connectivity index (χ0v) is 9.53. The number of hydrogen-bond donors (Lipinski definition) is 2. The third kappa shape index (κ3) is 8.26. The molecule has 0 saturated heterocycles. The van der Waals surface area contributed by atoms with E-state index in [4.69, 9.17) is 5.73 Å². The van der Waals surface area contributed by atoms with Crippen LogP contribution in [0.1, 0.15) is 52.9 Å². The summed E-state index contributed by atoms with van der Waals surface area (Å²) in [6.07, 6.45) is 6.18. The maximum atomic E-state index is 5.42. The lowest BCUT2D eigenvalue weighted by Gasteiger charge is -2.25. The van der Waals surface area contributed by atoms with Gasteiger partial charge >= 0.3 is 0 Å². The summed E-state index contributed by atoms with van der Waals surface area (Å²) in [7, 11) is 0. The summed E-state index contributed by atoms with van der Waals surface area (Å²) < 4.78 is 0. The molecule has 0 spiro atoms. The van der Waals surface area contributed by atoms with Crippen molar-refractivity contribution in [3.8, 4) is 0 Å². The summed E-state index contributed by atoms with van der Waals surface area (Å²) in [5.41, 5.74) is 5.74. The van der Waals surface area contributed by atoms with Crippen LogP contribution in [0.2, 0.25) is 0 Å². The first-order valence-electron chi connectivity index (χ1n) is 5.57. The van der Waals surface area contributed by atoms with Gasteiger partial charge in [-0.1, -0.05) is 19.8 Å². The number of nitrogens with two attached hydrogens (primary N) is 1. The van der Waals surface area contributed by atoms with E-state index in [0.717, 1.165) is 19.5 Å². The van der Waals surface area contributed by atoms with Crippen LogP contribution >= 0.6 is 0 Å². The van der Waals surface area contributed by atoms with Crippen molar-refractivity contribution in [3.63, 3.8) is 0 Å². The molecule has 0 aromatic carbocycles. The van der Waals surface area contributed by atoms with Crippen LogP contribution in [-0.2, 0) is 0 Å². The predicted molar refractivity (Wildman–Crippen MR) is 59.9 cm³/mol. The summed E-state index contributed by atoms with van der Waals surface area (Å²) in [6, 6.07) is 0. The molecule has 2 nitrogen and oxygen atoms in total. The lowest BCUT2D eigenvalue weighted by atomic mass is 9.99. The third-order valence-electron chi connectivity index (χ3n) is 2.36. The van der Waals surface area contributed by atoms with Gasteiger partial charge in [0.2, 0.25) is 0 Å². The summed E-state index contributed by atoms with van der Waals surface area (Å²) in [5.74, 6) is 0. The van der Waals surface area contributed by atoms with E-state index in [9.17, 15) is 0 Å². The second-order valence-electron chi connectivity index (χ2n) is 4.41. The van der Waals surface area contributed by atoms with Crippen molar-refractivity contribution >= 4 is 0 Å². The zero-order valence-electron chi connectivity index (χ0n) is 9.53. The van der Waals surface area contributed by atoms with Crippen LogP contribution in [0, 0.1) is 0 Å². The summed E-state index contributed by atoms with van der Waals surface area (Å²) in [5, 5.41) is 3.58. The fourth-order valence-corrected chi connectivity index (χ4v) is 1.59. The van der Waals surface area contributed by atoms with E-state index in [0.29, 0.717) is 5.54 Å². The third-order valence-corrected chi connectivity index (χ3v) is 2.36. The molecule has 0 heterocycles. The van der Waals surface area contributed by atoms with Gasteiger partial charge < -0.3 is 11.1 Å². The Labute approximate surface area is 83.3 Å². The Kier molecular flexibility index (Phi) is 7.29. The Hall–Kier alpha value is -0.0800. The van der Waals surface area contributed by atoms with E-state index < -0.39 is 0 Å². The number of unbranched alkanes of at least 4 members (excludes halogenated alkanes) is 2. The topological polar surface area (TPSA) is 38.0 Å². The second-order valence-corrected chi connectivity index (χ2v) is 4.41. The minimum absolute atomic E-state index is 0.317. The van der Waals surface area contributed by atoms with Crippen molar-refractivity contribution in [2.75, 3.05) is 13.1 Å². The molecular weight excluding hydrogens is 160 g/mol. The highest BCUT2D eigenvalue weighted by atomic mass is 14.9. The lowest BCUT2D eigenvalue weighted by molar-refractivity contribution is 0.355. The highest BCUT2D eigenvalue weighted by molar-refractivity contribution is 4.76. The SMILES string of the molecule is CCCC(C)(C)NCCCCCN. The monoisotopic (exact) mass is 186 g/mol. The average Bonchev–Trinajstić information content (AvgIpc) is 2.04. The molecule has 0 fully saturated rings. The molecule has 0 bridgehead atoms. The Morgan fingerprint density at radius 2 is 1.85 bits per heavy atom. The fourth-order valence-electron chi connectivity index (χ4n) is 1.59. The zero-order chi connectivity index (χ0) is 10.2. The summed E-state index contributed by atoms with van der Waals surface area (Å²) >= 11 is 0. The molecule has 0 unspecified atom stereocenters. The molecule has 0 aromatic heterocycles. The molecule has 0 radical (unpaired) electrons. The van der Waals surface area contributed by atoms with E-state index in [1.165, 1.54) is 25.7 Å². The molecule has 80 valence electrons. The molecule has 0 aliphatic rings. The Bertz CT molecular complexity index is 111. The Morgan fingerprint density at radius 3 is 2.38 bits per heavy atom. The first kappa shape index (κ1) is 12.9. The van der Waals surface area contributed by atoms with Crippen molar-refractivity contribution in [3.05, 3.63) is 0 Å². The quantitative estimate of drug-likeness (QED) is 0.571. The van der Waals surface area contributed by atoms with Crippen LogP contribution in [0.4, 0.5) is 0 Å². The van der Waals surface area contributed by atoms with Gasteiger partial charge in [-0.05, 0) is 46.2 Å². The molecule has 0 rings (SSSR count). The Morgan fingerprint density at radius 1 is 1.15 bits per heavy atom.